The van der Waals surface area contributed by atoms with E-state index in [2.05, 4.69) is 4.98 Å². The van der Waals surface area contributed by atoms with Crippen molar-refractivity contribution >= 4 is 11.3 Å². The van der Waals surface area contributed by atoms with Crippen LogP contribution in [0.5, 0.6) is 0 Å². The number of aryl methyl sites for hydroxylation is 1. The van der Waals surface area contributed by atoms with Gasteiger partial charge in [0.1, 0.15) is 5.65 Å². The summed E-state index contributed by atoms with van der Waals surface area (Å²) >= 11 is 0. The summed E-state index contributed by atoms with van der Waals surface area (Å²) in [5.74, 6) is 0. The van der Waals surface area contributed by atoms with Crippen LogP contribution in [0.4, 0.5) is 5.69 Å². The highest BCUT2D eigenvalue weighted by Gasteiger charge is 2.16. The molecular weight excluding hydrogens is 280 g/mol. The van der Waals surface area contributed by atoms with E-state index in [0.29, 0.717) is 13.0 Å². The maximum Gasteiger partial charge on any atom is 0.270 e. The quantitative estimate of drug-likeness (QED) is 0.592. The van der Waals surface area contributed by atoms with E-state index in [0.717, 1.165) is 28.2 Å². The predicted octanol–water partition coefficient (Wildman–Crippen LogP) is 2.72. The summed E-state index contributed by atoms with van der Waals surface area (Å²) in [6.07, 6.45) is 2.60. The number of non-ortho nitro benzene ring substituents is 1. The molecule has 3 rings (SSSR count). The molecule has 0 bridgehead atoms. The van der Waals surface area contributed by atoms with Crippen LogP contribution in [0.2, 0.25) is 0 Å². The van der Waals surface area contributed by atoms with E-state index in [4.69, 9.17) is 5.73 Å². The Morgan fingerprint density at radius 1 is 1.32 bits per heavy atom. The van der Waals surface area contributed by atoms with Gasteiger partial charge in [-0.15, -0.1) is 0 Å². The molecule has 22 heavy (non-hydrogen) atoms. The number of nitrogens with zero attached hydrogens (tertiary/aromatic N) is 3. The molecule has 0 saturated carbocycles. The minimum absolute atomic E-state index is 0.0602. The molecule has 0 spiro atoms. The molecule has 6 nitrogen and oxygen atoms in total. The third-order valence-electron chi connectivity index (χ3n) is 3.66. The smallest absolute Gasteiger partial charge is 0.270 e. The lowest BCUT2D eigenvalue weighted by Crippen LogP contribution is -2.06. The first kappa shape index (κ1) is 14.2. The molecule has 112 valence electrons. The Morgan fingerprint density at radius 3 is 2.86 bits per heavy atom. The first-order valence-corrected chi connectivity index (χ1v) is 7.03. The third kappa shape index (κ3) is 2.33. The van der Waals surface area contributed by atoms with E-state index in [1.807, 2.05) is 35.7 Å². The molecule has 0 fully saturated rings. The molecule has 0 aliphatic heterocycles. The van der Waals surface area contributed by atoms with E-state index in [-0.39, 0.29) is 5.69 Å². The van der Waals surface area contributed by atoms with Crippen molar-refractivity contribution in [3.63, 3.8) is 0 Å². The van der Waals surface area contributed by atoms with Crippen LogP contribution >= 0.6 is 0 Å². The van der Waals surface area contributed by atoms with Gasteiger partial charge >= 0.3 is 0 Å². The van der Waals surface area contributed by atoms with Crippen LogP contribution in [-0.4, -0.2) is 20.9 Å². The maximum atomic E-state index is 11.0. The number of benzene rings is 1. The standard InChI is InChI=1S/C16H16N4O2/c1-11-4-3-9-19-14(7-8-17)15(18-16(11)19)12-5-2-6-13(10-12)20(21)22/h2-6,9-10H,7-8,17H2,1H3. The maximum absolute atomic E-state index is 11.0. The second kappa shape index (κ2) is 5.57. The summed E-state index contributed by atoms with van der Waals surface area (Å²) in [4.78, 5) is 15.3. The van der Waals surface area contributed by atoms with Crippen molar-refractivity contribution in [1.82, 2.24) is 9.38 Å². The van der Waals surface area contributed by atoms with Crippen LogP contribution in [0.1, 0.15) is 11.3 Å². The number of hydrogen-bond donors (Lipinski definition) is 1. The van der Waals surface area contributed by atoms with Gasteiger partial charge in [0.05, 0.1) is 16.3 Å². The van der Waals surface area contributed by atoms with Crippen LogP contribution in [-0.2, 0) is 6.42 Å². The number of rotatable bonds is 4. The van der Waals surface area contributed by atoms with Gasteiger partial charge in [0, 0.05) is 30.3 Å². The van der Waals surface area contributed by atoms with Crippen molar-refractivity contribution in [2.75, 3.05) is 6.54 Å². The van der Waals surface area contributed by atoms with Gasteiger partial charge < -0.3 is 10.1 Å². The van der Waals surface area contributed by atoms with Gasteiger partial charge in [-0.3, -0.25) is 10.1 Å². The number of fused-ring (bicyclic) bond motifs is 1. The van der Waals surface area contributed by atoms with Crippen LogP contribution in [0.15, 0.2) is 42.6 Å². The fourth-order valence-corrected chi connectivity index (χ4v) is 2.63. The monoisotopic (exact) mass is 296 g/mol. The normalized spacial score (nSPS) is 11.0. The van der Waals surface area contributed by atoms with Crippen molar-refractivity contribution in [3.8, 4) is 11.3 Å². The molecule has 0 amide bonds. The fourth-order valence-electron chi connectivity index (χ4n) is 2.63. The highest BCUT2D eigenvalue weighted by atomic mass is 16.6. The molecular formula is C16H16N4O2. The summed E-state index contributed by atoms with van der Waals surface area (Å²) in [6, 6.07) is 10.5. The Morgan fingerprint density at radius 2 is 2.14 bits per heavy atom. The zero-order valence-corrected chi connectivity index (χ0v) is 12.2. The molecule has 0 radical (unpaired) electrons. The molecule has 0 aliphatic rings. The van der Waals surface area contributed by atoms with Crippen molar-refractivity contribution < 1.29 is 4.92 Å². The lowest BCUT2D eigenvalue weighted by Gasteiger charge is -2.04. The predicted molar refractivity (Wildman–Crippen MR) is 84.8 cm³/mol. The molecule has 0 aliphatic carbocycles. The van der Waals surface area contributed by atoms with Crippen molar-refractivity contribution in [1.29, 1.82) is 0 Å². The van der Waals surface area contributed by atoms with Gasteiger partial charge in [0.25, 0.3) is 5.69 Å². The van der Waals surface area contributed by atoms with Crippen LogP contribution in [0.25, 0.3) is 16.9 Å². The summed E-state index contributed by atoms with van der Waals surface area (Å²) in [7, 11) is 0. The van der Waals surface area contributed by atoms with E-state index < -0.39 is 4.92 Å². The second-order valence-electron chi connectivity index (χ2n) is 5.14. The van der Waals surface area contributed by atoms with Gasteiger partial charge in [-0.1, -0.05) is 18.2 Å². The Balaban J connectivity index is 2.25. The van der Waals surface area contributed by atoms with Crippen LogP contribution < -0.4 is 5.73 Å². The summed E-state index contributed by atoms with van der Waals surface area (Å²) in [6.45, 7) is 2.48. The molecule has 0 atom stereocenters. The Kier molecular flexibility index (Phi) is 3.60. The zero-order valence-electron chi connectivity index (χ0n) is 12.2. The first-order valence-electron chi connectivity index (χ1n) is 7.03. The average molecular weight is 296 g/mol. The topological polar surface area (TPSA) is 86.5 Å². The molecule has 2 heterocycles. The number of aromatic nitrogens is 2. The number of hydrogen-bond acceptors (Lipinski definition) is 4. The second-order valence-corrected chi connectivity index (χ2v) is 5.14. The highest BCUT2D eigenvalue weighted by molar-refractivity contribution is 5.69. The van der Waals surface area contributed by atoms with E-state index in [1.54, 1.807) is 12.1 Å². The largest absolute Gasteiger partial charge is 0.330 e. The minimum atomic E-state index is -0.396. The number of nitro groups is 1. The molecule has 0 unspecified atom stereocenters. The van der Waals surface area contributed by atoms with Gasteiger partial charge in [-0.05, 0) is 25.1 Å². The zero-order chi connectivity index (χ0) is 15.7. The van der Waals surface area contributed by atoms with Gasteiger partial charge in [-0.2, -0.15) is 0 Å². The van der Waals surface area contributed by atoms with Gasteiger partial charge in [0.2, 0.25) is 0 Å². The first-order chi connectivity index (χ1) is 10.6. The fraction of sp³-hybridized carbons (Fsp3) is 0.188. The lowest BCUT2D eigenvalue weighted by atomic mass is 10.1. The molecule has 2 aromatic heterocycles. The Hall–Kier alpha value is -2.73. The van der Waals surface area contributed by atoms with E-state index in [9.17, 15) is 10.1 Å². The third-order valence-corrected chi connectivity index (χ3v) is 3.66. The van der Waals surface area contributed by atoms with Gasteiger partial charge in [0.15, 0.2) is 0 Å². The summed E-state index contributed by atoms with van der Waals surface area (Å²) in [5.41, 5.74) is 10.2. The number of nitrogens with two attached hydrogens (primary N) is 1. The molecule has 1 aromatic carbocycles. The molecule has 3 aromatic rings. The Labute approximate surface area is 127 Å². The van der Waals surface area contributed by atoms with Crippen LogP contribution in [0, 0.1) is 17.0 Å². The van der Waals surface area contributed by atoms with Crippen LogP contribution in [0.3, 0.4) is 0 Å². The van der Waals surface area contributed by atoms with E-state index >= 15 is 0 Å². The van der Waals surface area contributed by atoms with Crippen molar-refractivity contribution in [2.45, 2.75) is 13.3 Å². The number of nitro benzene ring substituents is 1. The number of imidazole rings is 1. The SMILES string of the molecule is Cc1cccn2c(CCN)c(-c3cccc([N+](=O)[O-])c3)nc12. The average Bonchev–Trinajstić information content (AvgIpc) is 2.88. The number of pyridine rings is 1. The Bertz CT molecular complexity index is 854. The van der Waals surface area contributed by atoms with E-state index in [1.165, 1.54) is 6.07 Å². The highest BCUT2D eigenvalue weighted by Crippen LogP contribution is 2.28. The molecule has 2 N–H and O–H groups in total. The molecule has 0 saturated heterocycles. The molecule has 6 heteroatoms. The van der Waals surface area contributed by atoms with Gasteiger partial charge in [-0.25, -0.2) is 4.98 Å². The van der Waals surface area contributed by atoms with Crippen molar-refractivity contribution in [3.05, 3.63) is 64.0 Å². The lowest BCUT2D eigenvalue weighted by molar-refractivity contribution is -0.384. The minimum Gasteiger partial charge on any atom is -0.330 e. The summed E-state index contributed by atoms with van der Waals surface area (Å²) < 4.78 is 2.01. The summed E-state index contributed by atoms with van der Waals surface area (Å²) in [5, 5.41) is 11.0. The van der Waals surface area contributed by atoms with Crippen molar-refractivity contribution in [2.24, 2.45) is 5.73 Å².